The van der Waals surface area contributed by atoms with Crippen LogP contribution in [0.15, 0.2) is 30.7 Å². The van der Waals surface area contributed by atoms with Gasteiger partial charge in [0.25, 0.3) is 5.91 Å². The molecule has 6 nitrogen and oxygen atoms in total. The number of carbonyl (C=O) groups excluding carboxylic acids is 1. The largest absolute Gasteiger partial charge is 0.489 e. The van der Waals surface area contributed by atoms with Crippen LogP contribution in [-0.2, 0) is 0 Å². The number of aryl methyl sites for hydroxylation is 2. The highest BCUT2D eigenvalue weighted by molar-refractivity contribution is 5.92. The molecule has 6 heteroatoms. The average molecular weight is 378 g/mol. The summed E-state index contributed by atoms with van der Waals surface area (Å²) in [6.45, 7) is 12.2. The minimum Gasteiger partial charge on any atom is -0.489 e. The fourth-order valence-corrected chi connectivity index (χ4v) is 4.73. The topological polar surface area (TPSA) is 87.9 Å². The number of hydrogen-bond donors (Lipinski definition) is 1. The van der Waals surface area contributed by atoms with Gasteiger partial charge in [-0.1, -0.05) is 27.7 Å². The molecule has 0 radical (unpaired) electrons. The molecule has 1 saturated carbocycles. The molecule has 1 aromatic carbocycles. The van der Waals surface area contributed by atoms with Crippen molar-refractivity contribution in [3.05, 3.63) is 53.1 Å². The van der Waals surface area contributed by atoms with Gasteiger partial charge in [-0.25, -0.2) is 4.98 Å². The second kappa shape index (κ2) is 6.90. The molecule has 0 atom stereocenters. The summed E-state index contributed by atoms with van der Waals surface area (Å²) < 4.78 is 6.37. The Balaban J connectivity index is 1.80. The van der Waals surface area contributed by atoms with E-state index >= 15 is 0 Å². The molecular formula is C22H26N4O2. The van der Waals surface area contributed by atoms with Crippen LogP contribution < -0.4 is 10.1 Å². The maximum Gasteiger partial charge on any atom is 0.271 e. The number of amides is 1. The summed E-state index contributed by atoms with van der Waals surface area (Å²) in [4.78, 5) is 20.6. The van der Waals surface area contributed by atoms with Crippen LogP contribution in [0, 0.1) is 36.0 Å². The predicted molar refractivity (Wildman–Crippen MR) is 106 cm³/mol. The smallest absolute Gasteiger partial charge is 0.271 e. The minimum atomic E-state index is -0.281. The van der Waals surface area contributed by atoms with Crippen LogP contribution in [0.25, 0.3) is 0 Å². The number of nitriles is 1. The molecule has 146 valence electrons. The first-order valence-corrected chi connectivity index (χ1v) is 9.34. The van der Waals surface area contributed by atoms with Gasteiger partial charge < -0.3 is 10.1 Å². The first kappa shape index (κ1) is 19.8. The van der Waals surface area contributed by atoms with Gasteiger partial charge in [-0.2, -0.15) is 5.26 Å². The highest BCUT2D eigenvalue weighted by Gasteiger charge is 2.64. The second-order valence-electron chi connectivity index (χ2n) is 8.68. The van der Waals surface area contributed by atoms with Gasteiger partial charge in [0.05, 0.1) is 17.8 Å². The molecular weight excluding hydrogens is 352 g/mol. The number of benzene rings is 1. The molecule has 1 amide bonds. The molecule has 0 spiro atoms. The average Bonchev–Trinajstić information content (AvgIpc) is 2.64. The van der Waals surface area contributed by atoms with Crippen molar-refractivity contribution in [3.63, 3.8) is 0 Å². The third-order valence-electron chi connectivity index (χ3n) is 5.78. The third-order valence-corrected chi connectivity index (χ3v) is 5.78. The van der Waals surface area contributed by atoms with Crippen LogP contribution in [-0.4, -0.2) is 28.0 Å². The van der Waals surface area contributed by atoms with Crippen molar-refractivity contribution in [2.24, 2.45) is 10.8 Å². The van der Waals surface area contributed by atoms with E-state index in [0.29, 0.717) is 11.3 Å². The van der Waals surface area contributed by atoms with Crippen molar-refractivity contribution in [1.82, 2.24) is 15.3 Å². The Morgan fingerprint density at radius 2 is 1.75 bits per heavy atom. The standard InChI is InChI=1S/C22H26N4O2/c1-13-9-15(10-14(2)16(13)11-23)28-20-21(3,4)19(22(20,5)6)26-18(27)17-12-24-7-8-25-17/h7-10,12,19-20H,1-6H3,(H,26,27). The monoisotopic (exact) mass is 378 g/mol. The van der Waals surface area contributed by atoms with Crippen LogP contribution in [0.1, 0.15) is 54.9 Å². The van der Waals surface area contributed by atoms with Crippen LogP contribution in [0.2, 0.25) is 0 Å². The first-order chi connectivity index (χ1) is 13.1. The molecule has 1 fully saturated rings. The van der Waals surface area contributed by atoms with Crippen LogP contribution >= 0.6 is 0 Å². The highest BCUT2D eigenvalue weighted by atomic mass is 16.5. The lowest BCUT2D eigenvalue weighted by molar-refractivity contribution is -0.164. The van der Waals surface area contributed by atoms with Gasteiger partial charge in [-0.15, -0.1) is 0 Å². The molecule has 0 bridgehead atoms. The van der Waals surface area contributed by atoms with Gasteiger partial charge in [0.2, 0.25) is 0 Å². The van der Waals surface area contributed by atoms with Crippen LogP contribution in [0.4, 0.5) is 0 Å². The van der Waals surface area contributed by atoms with E-state index < -0.39 is 0 Å². The fraction of sp³-hybridized carbons (Fsp3) is 0.455. The van der Waals surface area contributed by atoms with Crippen LogP contribution in [0.5, 0.6) is 5.75 Å². The first-order valence-electron chi connectivity index (χ1n) is 9.34. The third kappa shape index (κ3) is 3.22. The number of rotatable bonds is 4. The van der Waals surface area contributed by atoms with Crippen molar-refractivity contribution in [1.29, 1.82) is 5.26 Å². The van der Waals surface area contributed by atoms with E-state index in [0.717, 1.165) is 16.9 Å². The van der Waals surface area contributed by atoms with Crippen LogP contribution in [0.3, 0.4) is 0 Å². The van der Waals surface area contributed by atoms with Gasteiger partial charge in [0, 0.05) is 29.3 Å². The Hall–Kier alpha value is -2.94. The fourth-order valence-electron chi connectivity index (χ4n) is 4.73. The molecule has 28 heavy (non-hydrogen) atoms. The molecule has 3 rings (SSSR count). The van der Waals surface area contributed by atoms with Gasteiger partial charge in [-0.05, 0) is 37.1 Å². The van der Waals surface area contributed by atoms with E-state index in [1.807, 2.05) is 26.0 Å². The zero-order valence-electron chi connectivity index (χ0n) is 17.2. The van der Waals surface area contributed by atoms with Crippen molar-refractivity contribution in [2.45, 2.75) is 53.7 Å². The van der Waals surface area contributed by atoms with E-state index in [9.17, 15) is 10.1 Å². The summed E-state index contributed by atoms with van der Waals surface area (Å²) in [5.41, 5.74) is 2.24. The highest BCUT2D eigenvalue weighted by Crippen LogP contribution is 2.55. The second-order valence-corrected chi connectivity index (χ2v) is 8.68. The van der Waals surface area contributed by atoms with Crippen molar-refractivity contribution < 1.29 is 9.53 Å². The number of carbonyl (C=O) groups is 1. The lowest BCUT2D eigenvalue weighted by Crippen LogP contribution is -2.74. The van der Waals surface area contributed by atoms with Crippen molar-refractivity contribution in [3.8, 4) is 11.8 Å². The number of nitrogens with one attached hydrogen (secondary N) is 1. The van der Waals surface area contributed by atoms with Crippen molar-refractivity contribution >= 4 is 5.91 Å². The van der Waals surface area contributed by atoms with Gasteiger partial charge in [0.1, 0.15) is 17.5 Å². The molecule has 0 aliphatic heterocycles. The number of hydrogen-bond acceptors (Lipinski definition) is 5. The van der Waals surface area contributed by atoms with Gasteiger partial charge in [0.15, 0.2) is 0 Å². The van der Waals surface area contributed by atoms with Gasteiger partial charge >= 0.3 is 0 Å². The summed E-state index contributed by atoms with van der Waals surface area (Å²) in [7, 11) is 0. The lowest BCUT2D eigenvalue weighted by Gasteiger charge is -2.63. The van der Waals surface area contributed by atoms with E-state index in [-0.39, 0.29) is 28.9 Å². The Labute approximate surface area is 166 Å². The van der Waals surface area contributed by atoms with Gasteiger partial charge in [-0.3, -0.25) is 9.78 Å². The molecule has 1 heterocycles. The number of ether oxygens (including phenoxy) is 1. The Kier molecular flexibility index (Phi) is 4.88. The molecule has 1 N–H and O–H groups in total. The minimum absolute atomic E-state index is 0.0833. The normalized spacial score (nSPS) is 21.9. The SMILES string of the molecule is Cc1cc(OC2C(C)(C)C(NC(=O)c3cnccn3)C2(C)C)cc(C)c1C#N. The zero-order valence-corrected chi connectivity index (χ0v) is 17.2. The summed E-state index contributed by atoms with van der Waals surface area (Å²) in [6, 6.07) is 5.96. The molecule has 0 saturated heterocycles. The lowest BCUT2D eigenvalue weighted by atomic mass is 9.49. The quantitative estimate of drug-likeness (QED) is 0.878. The predicted octanol–water partition coefficient (Wildman–Crippen LogP) is 3.58. The van der Waals surface area contributed by atoms with Crippen molar-refractivity contribution in [2.75, 3.05) is 0 Å². The maximum atomic E-state index is 12.6. The molecule has 1 aliphatic carbocycles. The summed E-state index contributed by atoms with van der Waals surface area (Å²) in [5, 5.41) is 12.4. The maximum absolute atomic E-state index is 12.6. The Morgan fingerprint density at radius 1 is 1.14 bits per heavy atom. The molecule has 1 aliphatic rings. The molecule has 1 aromatic heterocycles. The Bertz CT molecular complexity index is 906. The number of nitrogens with zero attached hydrogens (tertiary/aromatic N) is 3. The summed E-state index contributed by atoms with van der Waals surface area (Å²) in [6.07, 6.45) is 4.41. The number of aromatic nitrogens is 2. The Morgan fingerprint density at radius 3 is 2.25 bits per heavy atom. The molecule has 0 unspecified atom stereocenters. The summed E-state index contributed by atoms with van der Waals surface area (Å²) in [5.74, 6) is 0.515. The van der Waals surface area contributed by atoms with E-state index in [2.05, 4.69) is 49.0 Å². The summed E-state index contributed by atoms with van der Waals surface area (Å²) >= 11 is 0. The zero-order chi connectivity index (χ0) is 20.7. The van der Waals surface area contributed by atoms with E-state index in [1.54, 1.807) is 6.20 Å². The van der Waals surface area contributed by atoms with E-state index in [1.165, 1.54) is 12.4 Å². The van der Waals surface area contributed by atoms with E-state index in [4.69, 9.17) is 4.74 Å². The molecule has 2 aromatic rings.